The average molecular weight is 390 g/mol. The van der Waals surface area contributed by atoms with Crippen molar-refractivity contribution in [3.63, 3.8) is 0 Å². The van der Waals surface area contributed by atoms with E-state index in [4.69, 9.17) is 9.47 Å². The third-order valence-corrected chi connectivity index (χ3v) is 5.71. The molecular formula is C19H22N2O5S. The van der Waals surface area contributed by atoms with Crippen molar-refractivity contribution >= 4 is 21.6 Å². The van der Waals surface area contributed by atoms with Crippen molar-refractivity contribution in [2.45, 2.75) is 25.2 Å². The fourth-order valence-electron chi connectivity index (χ4n) is 2.82. The Balaban J connectivity index is 1.55. The Morgan fingerprint density at radius 2 is 1.78 bits per heavy atom. The summed E-state index contributed by atoms with van der Waals surface area (Å²) in [5.74, 6) is 0.921. The third kappa shape index (κ3) is 4.78. The minimum absolute atomic E-state index is 0.00599. The lowest BCUT2D eigenvalue weighted by atomic mass is 10.2. The maximum Gasteiger partial charge on any atom is 0.240 e. The van der Waals surface area contributed by atoms with Gasteiger partial charge in [0.15, 0.2) is 11.5 Å². The maximum absolute atomic E-state index is 12.4. The van der Waals surface area contributed by atoms with E-state index in [1.54, 1.807) is 37.3 Å². The summed E-state index contributed by atoms with van der Waals surface area (Å²) < 4.78 is 38.2. The Bertz CT molecular complexity index is 957. The number of nitrogens with one attached hydrogen (secondary N) is 2. The first-order chi connectivity index (χ1) is 12.8. The van der Waals surface area contributed by atoms with E-state index >= 15 is 0 Å². The van der Waals surface area contributed by atoms with Crippen LogP contribution in [-0.2, 0) is 14.8 Å². The molecule has 0 bridgehead atoms. The molecule has 0 atom stereocenters. The Labute approximate surface area is 158 Å². The average Bonchev–Trinajstić information content (AvgIpc) is 2.61. The number of amides is 1. The normalized spacial score (nSPS) is 13.3. The summed E-state index contributed by atoms with van der Waals surface area (Å²) in [4.78, 5) is 12.3. The lowest BCUT2D eigenvalue weighted by Gasteiger charge is -2.19. The van der Waals surface area contributed by atoms with Gasteiger partial charge in [-0.1, -0.05) is 17.7 Å². The van der Waals surface area contributed by atoms with Gasteiger partial charge in [0.2, 0.25) is 15.9 Å². The zero-order valence-corrected chi connectivity index (χ0v) is 16.1. The minimum atomic E-state index is -3.65. The van der Waals surface area contributed by atoms with Crippen LogP contribution in [0.2, 0.25) is 0 Å². The van der Waals surface area contributed by atoms with Crippen molar-refractivity contribution in [1.82, 2.24) is 4.72 Å². The Morgan fingerprint density at radius 3 is 2.52 bits per heavy atom. The van der Waals surface area contributed by atoms with Gasteiger partial charge in [0.05, 0.1) is 4.90 Å². The number of ether oxygens (including phenoxy) is 2. The second-order valence-corrected chi connectivity index (χ2v) is 8.06. The summed E-state index contributed by atoms with van der Waals surface area (Å²) in [7, 11) is -3.65. The number of anilines is 1. The monoisotopic (exact) mass is 390 g/mol. The van der Waals surface area contributed by atoms with Crippen LogP contribution in [0.4, 0.5) is 5.69 Å². The van der Waals surface area contributed by atoms with Crippen LogP contribution in [0.3, 0.4) is 0 Å². The number of rotatable bonds is 6. The number of hydrogen-bond acceptors (Lipinski definition) is 5. The molecule has 1 amide bonds. The number of aryl methyl sites for hydroxylation is 2. The number of carbonyl (C=O) groups is 1. The van der Waals surface area contributed by atoms with E-state index in [2.05, 4.69) is 10.0 Å². The molecule has 0 unspecified atom stereocenters. The Kier molecular flexibility index (Phi) is 5.67. The fraction of sp³-hybridized carbons (Fsp3) is 0.316. The van der Waals surface area contributed by atoms with Gasteiger partial charge in [-0.2, -0.15) is 0 Å². The Hall–Kier alpha value is -2.58. The summed E-state index contributed by atoms with van der Waals surface area (Å²) >= 11 is 0. The van der Waals surface area contributed by atoms with Crippen LogP contribution < -0.4 is 19.5 Å². The molecule has 8 heteroatoms. The molecule has 27 heavy (non-hydrogen) atoms. The van der Waals surface area contributed by atoms with Gasteiger partial charge in [0, 0.05) is 24.7 Å². The molecule has 7 nitrogen and oxygen atoms in total. The van der Waals surface area contributed by atoms with Gasteiger partial charge in [0.25, 0.3) is 0 Å². The molecule has 144 valence electrons. The molecule has 1 heterocycles. The molecule has 0 spiro atoms. The predicted octanol–water partition coefficient (Wildman–Crippen LogP) is 2.38. The molecule has 2 aromatic carbocycles. The van der Waals surface area contributed by atoms with Crippen molar-refractivity contribution in [3.8, 4) is 11.5 Å². The van der Waals surface area contributed by atoms with Gasteiger partial charge in [0.1, 0.15) is 13.2 Å². The topological polar surface area (TPSA) is 93.7 Å². The summed E-state index contributed by atoms with van der Waals surface area (Å²) in [6.45, 7) is 4.62. The second-order valence-electron chi connectivity index (χ2n) is 6.32. The highest BCUT2D eigenvalue weighted by atomic mass is 32.2. The van der Waals surface area contributed by atoms with E-state index < -0.39 is 10.0 Å². The quantitative estimate of drug-likeness (QED) is 0.790. The molecule has 0 saturated carbocycles. The van der Waals surface area contributed by atoms with Crippen molar-refractivity contribution in [2.75, 3.05) is 25.1 Å². The third-order valence-electron chi connectivity index (χ3n) is 4.09. The van der Waals surface area contributed by atoms with Crippen LogP contribution in [0.15, 0.2) is 41.3 Å². The van der Waals surface area contributed by atoms with E-state index in [1.807, 2.05) is 13.0 Å². The minimum Gasteiger partial charge on any atom is -0.486 e. The Morgan fingerprint density at radius 1 is 1.04 bits per heavy atom. The van der Waals surface area contributed by atoms with E-state index in [9.17, 15) is 13.2 Å². The van der Waals surface area contributed by atoms with Gasteiger partial charge >= 0.3 is 0 Å². The van der Waals surface area contributed by atoms with Crippen LogP contribution >= 0.6 is 0 Å². The van der Waals surface area contributed by atoms with Crippen molar-refractivity contribution in [1.29, 1.82) is 0 Å². The SMILES string of the molecule is Cc1ccc(S(=O)(=O)NCCC(=O)Nc2ccc3c(c2)OCCO3)c(C)c1. The number of fused-ring (bicyclic) bond motifs is 1. The highest BCUT2D eigenvalue weighted by Gasteiger charge is 2.17. The molecule has 0 aliphatic carbocycles. The van der Waals surface area contributed by atoms with E-state index in [-0.39, 0.29) is 23.8 Å². The summed E-state index contributed by atoms with van der Waals surface area (Å²) in [6, 6.07) is 10.3. The lowest BCUT2D eigenvalue weighted by molar-refractivity contribution is -0.116. The van der Waals surface area contributed by atoms with E-state index in [1.165, 1.54) is 0 Å². The lowest BCUT2D eigenvalue weighted by Crippen LogP contribution is -2.28. The van der Waals surface area contributed by atoms with Gasteiger partial charge in [-0.3, -0.25) is 4.79 Å². The summed E-state index contributed by atoms with van der Waals surface area (Å²) in [5.41, 5.74) is 2.23. The fourth-order valence-corrected chi connectivity index (χ4v) is 4.08. The predicted molar refractivity (Wildman–Crippen MR) is 102 cm³/mol. The molecule has 2 N–H and O–H groups in total. The second kappa shape index (κ2) is 7.98. The number of carbonyl (C=O) groups excluding carboxylic acids is 1. The van der Waals surface area contributed by atoms with Crippen LogP contribution in [0.25, 0.3) is 0 Å². The van der Waals surface area contributed by atoms with Crippen LogP contribution in [-0.4, -0.2) is 34.1 Å². The smallest absolute Gasteiger partial charge is 0.240 e. The number of benzene rings is 2. The number of hydrogen-bond donors (Lipinski definition) is 2. The van der Waals surface area contributed by atoms with Crippen molar-refractivity contribution < 1.29 is 22.7 Å². The summed E-state index contributed by atoms with van der Waals surface area (Å²) in [6.07, 6.45) is 0.0125. The molecular weight excluding hydrogens is 368 g/mol. The first kappa shape index (κ1) is 19.2. The van der Waals surface area contributed by atoms with Gasteiger partial charge < -0.3 is 14.8 Å². The molecule has 0 aromatic heterocycles. The number of sulfonamides is 1. The van der Waals surface area contributed by atoms with Crippen molar-refractivity contribution in [3.05, 3.63) is 47.5 Å². The standard InChI is InChI=1S/C19H22N2O5S/c1-13-3-6-18(14(2)11-13)27(23,24)20-8-7-19(22)21-15-4-5-16-17(12-15)26-10-9-25-16/h3-6,11-12,20H,7-10H2,1-2H3,(H,21,22). The summed E-state index contributed by atoms with van der Waals surface area (Å²) in [5, 5.41) is 2.73. The van der Waals surface area contributed by atoms with Gasteiger partial charge in [-0.25, -0.2) is 13.1 Å². The highest BCUT2D eigenvalue weighted by molar-refractivity contribution is 7.89. The zero-order chi connectivity index (χ0) is 19.4. The van der Waals surface area contributed by atoms with Crippen LogP contribution in [0, 0.1) is 13.8 Å². The molecule has 1 aliphatic heterocycles. The first-order valence-corrected chi connectivity index (χ1v) is 10.1. The molecule has 1 aliphatic rings. The molecule has 0 saturated heterocycles. The first-order valence-electron chi connectivity index (χ1n) is 8.61. The van der Waals surface area contributed by atoms with Crippen molar-refractivity contribution in [2.24, 2.45) is 0 Å². The van der Waals surface area contributed by atoms with Crippen LogP contribution in [0.1, 0.15) is 17.5 Å². The van der Waals surface area contributed by atoms with Gasteiger partial charge in [-0.15, -0.1) is 0 Å². The van der Waals surface area contributed by atoms with E-state index in [0.717, 1.165) is 5.56 Å². The highest BCUT2D eigenvalue weighted by Crippen LogP contribution is 2.32. The largest absolute Gasteiger partial charge is 0.486 e. The maximum atomic E-state index is 12.4. The van der Waals surface area contributed by atoms with E-state index in [0.29, 0.717) is 36.0 Å². The molecule has 2 aromatic rings. The zero-order valence-electron chi connectivity index (χ0n) is 15.2. The van der Waals surface area contributed by atoms with Crippen LogP contribution in [0.5, 0.6) is 11.5 Å². The van der Waals surface area contributed by atoms with Gasteiger partial charge in [-0.05, 0) is 37.6 Å². The molecule has 0 radical (unpaired) electrons. The molecule has 0 fully saturated rings. The molecule has 3 rings (SSSR count).